The van der Waals surface area contributed by atoms with Crippen LogP contribution in [0, 0.1) is 11.8 Å². The van der Waals surface area contributed by atoms with Crippen molar-refractivity contribution in [3.63, 3.8) is 0 Å². The molecule has 0 spiro atoms. The van der Waals surface area contributed by atoms with Crippen LogP contribution < -0.4 is 5.73 Å². The number of alkyl halides is 3. The second-order valence-corrected chi connectivity index (χ2v) is 8.15. The summed E-state index contributed by atoms with van der Waals surface area (Å²) in [6.45, 7) is 6.39. The molecule has 158 valence electrons. The lowest BCUT2D eigenvalue weighted by Gasteiger charge is -2.41. The van der Waals surface area contributed by atoms with Crippen molar-refractivity contribution in [3.8, 4) is 0 Å². The minimum atomic E-state index is -4.53. The number of likely N-dealkylation sites (tertiary alicyclic amines) is 1. The molecule has 1 amide bonds. The summed E-state index contributed by atoms with van der Waals surface area (Å²) in [5.41, 5.74) is 3.53. The zero-order chi connectivity index (χ0) is 21.1. The van der Waals surface area contributed by atoms with E-state index < -0.39 is 17.3 Å². The molecule has 2 unspecified atom stereocenters. The zero-order valence-corrected chi connectivity index (χ0v) is 16.8. The average Bonchev–Trinajstić information content (AvgIpc) is 2.65. The number of halogens is 3. The molecule has 1 aromatic carbocycles. The predicted octanol–water partition coefficient (Wildman–Crippen LogP) is 3.92. The van der Waals surface area contributed by atoms with Crippen LogP contribution in [0.25, 0.3) is 0 Å². The van der Waals surface area contributed by atoms with Crippen LogP contribution in [-0.2, 0) is 16.6 Å². The Morgan fingerprint density at radius 1 is 1.25 bits per heavy atom. The van der Waals surface area contributed by atoms with Gasteiger partial charge in [-0.15, -0.1) is 0 Å². The van der Waals surface area contributed by atoms with Crippen LogP contribution in [0.1, 0.15) is 57.6 Å². The molecule has 3 N–H and O–H groups in total. The van der Waals surface area contributed by atoms with Gasteiger partial charge in [-0.25, -0.2) is 0 Å². The number of carbonyl (C=O) groups is 1. The van der Waals surface area contributed by atoms with E-state index in [1.54, 1.807) is 4.90 Å². The van der Waals surface area contributed by atoms with E-state index >= 15 is 0 Å². The molecule has 0 bridgehead atoms. The van der Waals surface area contributed by atoms with Gasteiger partial charge in [0, 0.05) is 25.0 Å². The second kappa shape index (κ2) is 8.82. The van der Waals surface area contributed by atoms with E-state index in [0.29, 0.717) is 6.42 Å². The highest BCUT2D eigenvalue weighted by molar-refractivity contribution is 5.79. The molecule has 1 fully saturated rings. The van der Waals surface area contributed by atoms with Crippen LogP contribution in [0.4, 0.5) is 13.2 Å². The van der Waals surface area contributed by atoms with Gasteiger partial charge in [0.1, 0.15) is 0 Å². The third kappa shape index (κ3) is 5.06. The number of piperidine rings is 1. The van der Waals surface area contributed by atoms with Crippen molar-refractivity contribution in [1.82, 2.24) is 4.90 Å². The highest BCUT2D eigenvalue weighted by Crippen LogP contribution is 2.41. The first kappa shape index (κ1) is 22.7. The summed E-state index contributed by atoms with van der Waals surface area (Å²) in [6, 6.07) is 5.08. The average molecular weight is 400 g/mol. The minimum absolute atomic E-state index is 0.0231. The highest BCUT2D eigenvalue weighted by atomic mass is 19.4. The summed E-state index contributed by atoms with van der Waals surface area (Å²) in [6.07, 6.45) is -3.00. The van der Waals surface area contributed by atoms with Crippen molar-refractivity contribution in [2.45, 2.75) is 64.3 Å². The van der Waals surface area contributed by atoms with Crippen LogP contribution in [0.5, 0.6) is 0 Å². The maximum absolute atomic E-state index is 13.3. The monoisotopic (exact) mass is 400 g/mol. The lowest BCUT2D eigenvalue weighted by atomic mass is 9.80. The molecular weight excluding hydrogens is 369 g/mol. The Labute approximate surface area is 164 Å². The van der Waals surface area contributed by atoms with Gasteiger partial charge in [0.05, 0.1) is 11.2 Å². The molecule has 7 heteroatoms. The van der Waals surface area contributed by atoms with E-state index in [2.05, 4.69) is 0 Å². The Morgan fingerprint density at radius 2 is 1.82 bits per heavy atom. The number of nitrogens with zero attached hydrogens (tertiary/aromatic N) is 1. The Kier molecular flexibility index (Phi) is 7.15. The van der Waals surface area contributed by atoms with Gasteiger partial charge in [-0.1, -0.05) is 39.0 Å². The Hall–Kier alpha value is -1.60. The zero-order valence-electron chi connectivity index (χ0n) is 16.8. The number of amides is 1. The van der Waals surface area contributed by atoms with Gasteiger partial charge < -0.3 is 15.7 Å². The number of hydrogen-bond donors (Lipinski definition) is 2. The van der Waals surface area contributed by atoms with Gasteiger partial charge in [0.25, 0.3) is 0 Å². The first-order valence-electron chi connectivity index (χ1n) is 9.93. The molecule has 4 nitrogen and oxygen atoms in total. The SMILES string of the molecule is CCC(N)CC(C(=O)N1CCC(O)(c2ccccc2C(F)(F)F)CC1)C(C)C. The third-order valence-corrected chi connectivity index (χ3v) is 5.84. The Bertz CT molecular complexity index is 668. The van der Waals surface area contributed by atoms with Crippen LogP contribution in [0.15, 0.2) is 24.3 Å². The van der Waals surface area contributed by atoms with Crippen LogP contribution in [-0.4, -0.2) is 35.0 Å². The van der Waals surface area contributed by atoms with Crippen molar-refractivity contribution in [3.05, 3.63) is 35.4 Å². The number of aliphatic hydroxyl groups is 1. The number of hydrogen-bond acceptors (Lipinski definition) is 3. The molecular formula is C21H31F3N2O2. The molecule has 1 aromatic rings. The number of rotatable bonds is 6. The van der Waals surface area contributed by atoms with Gasteiger partial charge in [-0.05, 0) is 43.2 Å². The normalized spacial score (nSPS) is 19.5. The van der Waals surface area contributed by atoms with Gasteiger partial charge in [0.2, 0.25) is 5.91 Å². The first-order valence-corrected chi connectivity index (χ1v) is 9.93. The summed E-state index contributed by atoms with van der Waals surface area (Å²) in [4.78, 5) is 14.6. The van der Waals surface area contributed by atoms with Crippen LogP contribution in [0.2, 0.25) is 0 Å². The van der Waals surface area contributed by atoms with E-state index in [1.807, 2.05) is 20.8 Å². The topological polar surface area (TPSA) is 66.6 Å². The summed E-state index contributed by atoms with van der Waals surface area (Å²) in [5, 5.41) is 11.0. The summed E-state index contributed by atoms with van der Waals surface area (Å²) in [7, 11) is 0. The van der Waals surface area contributed by atoms with Gasteiger partial charge in [-0.2, -0.15) is 13.2 Å². The van der Waals surface area contributed by atoms with E-state index in [-0.39, 0.29) is 55.3 Å². The van der Waals surface area contributed by atoms with E-state index in [9.17, 15) is 23.1 Å². The summed E-state index contributed by atoms with van der Waals surface area (Å²) < 4.78 is 40.0. The molecule has 1 saturated heterocycles. The number of carbonyl (C=O) groups excluding carboxylic acids is 1. The Morgan fingerprint density at radius 3 is 2.32 bits per heavy atom. The van der Waals surface area contributed by atoms with Crippen molar-refractivity contribution in [2.24, 2.45) is 17.6 Å². The standard InChI is InChI=1S/C21H31F3N2O2/c1-4-15(25)13-16(14(2)3)19(27)26-11-9-20(28,10-12-26)17-7-5-6-8-18(17)21(22,23)24/h5-8,14-16,28H,4,9-13,25H2,1-3H3. The molecule has 28 heavy (non-hydrogen) atoms. The molecule has 0 saturated carbocycles. The first-order chi connectivity index (χ1) is 13.0. The summed E-state index contributed by atoms with van der Waals surface area (Å²) >= 11 is 0. The van der Waals surface area contributed by atoms with Crippen molar-refractivity contribution in [2.75, 3.05) is 13.1 Å². The van der Waals surface area contributed by atoms with Crippen LogP contribution >= 0.6 is 0 Å². The van der Waals surface area contributed by atoms with Gasteiger partial charge in [-0.3, -0.25) is 4.79 Å². The van der Waals surface area contributed by atoms with Crippen molar-refractivity contribution in [1.29, 1.82) is 0 Å². The second-order valence-electron chi connectivity index (χ2n) is 8.15. The molecule has 1 aliphatic rings. The molecule has 0 aliphatic carbocycles. The molecule has 2 atom stereocenters. The molecule has 0 radical (unpaired) electrons. The number of nitrogens with two attached hydrogens (primary N) is 1. The smallest absolute Gasteiger partial charge is 0.385 e. The maximum atomic E-state index is 13.3. The van der Waals surface area contributed by atoms with Crippen LogP contribution in [0.3, 0.4) is 0 Å². The number of benzene rings is 1. The molecule has 0 aromatic heterocycles. The fourth-order valence-corrected chi connectivity index (χ4v) is 3.89. The fourth-order valence-electron chi connectivity index (χ4n) is 3.89. The van der Waals surface area contributed by atoms with E-state index in [1.165, 1.54) is 18.2 Å². The van der Waals surface area contributed by atoms with Gasteiger partial charge >= 0.3 is 6.18 Å². The van der Waals surface area contributed by atoms with Crippen molar-refractivity contribution >= 4 is 5.91 Å². The lowest BCUT2D eigenvalue weighted by molar-refractivity contribution is -0.146. The minimum Gasteiger partial charge on any atom is -0.385 e. The van der Waals surface area contributed by atoms with E-state index in [0.717, 1.165) is 12.5 Å². The van der Waals surface area contributed by atoms with Gasteiger partial charge in [0.15, 0.2) is 0 Å². The molecule has 1 aliphatic heterocycles. The maximum Gasteiger partial charge on any atom is 0.416 e. The van der Waals surface area contributed by atoms with Crippen molar-refractivity contribution < 1.29 is 23.1 Å². The Balaban J connectivity index is 2.14. The fraction of sp³-hybridized carbons (Fsp3) is 0.667. The third-order valence-electron chi connectivity index (χ3n) is 5.84. The lowest BCUT2D eigenvalue weighted by Crippen LogP contribution is -2.49. The highest BCUT2D eigenvalue weighted by Gasteiger charge is 2.43. The summed E-state index contributed by atoms with van der Waals surface area (Å²) in [5.74, 6) is -0.120. The predicted molar refractivity (Wildman–Crippen MR) is 102 cm³/mol. The molecule has 1 heterocycles. The molecule has 2 rings (SSSR count). The largest absolute Gasteiger partial charge is 0.416 e. The quantitative estimate of drug-likeness (QED) is 0.761. The van der Waals surface area contributed by atoms with E-state index in [4.69, 9.17) is 5.73 Å².